The van der Waals surface area contributed by atoms with Gasteiger partial charge in [0.1, 0.15) is 0 Å². The summed E-state index contributed by atoms with van der Waals surface area (Å²) in [4.78, 5) is 13.9. The van der Waals surface area contributed by atoms with Crippen molar-refractivity contribution in [2.45, 2.75) is 32.2 Å². The molecule has 3 nitrogen and oxygen atoms in total. The Morgan fingerprint density at radius 2 is 2.29 bits per heavy atom. The van der Waals surface area contributed by atoms with Gasteiger partial charge in [0, 0.05) is 17.8 Å². The predicted molar refractivity (Wildman–Crippen MR) is 56.4 cm³/mol. The van der Waals surface area contributed by atoms with Crippen molar-refractivity contribution in [1.82, 2.24) is 10.3 Å². The van der Waals surface area contributed by atoms with E-state index in [1.807, 2.05) is 19.2 Å². The molecule has 76 valence electrons. The summed E-state index contributed by atoms with van der Waals surface area (Å²) in [6.07, 6.45) is 5.54. The van der Waals surface area contributed by atoms with Gasteiger partial charge in [-0.05, 0) is 37.9 Å². The maximum Gasteiger partial charge on any atom is 0.250 e. The summed E-state index contributed by atoms with van der Waals surface area (Å²) in [6, 6.07) is 2.42. The summed E-state index contributed by atoms with van der Waals surface area (Å²) in [5.74, 6) is 0. The first-order chi connectivity index (χ1) is 6.77. The van der Waals surface area contributed by atoms with Crippen LogP contribution in [-0.4, -0.2) is 11.5 Å². The number of aromatic nitrogens is 1. The molecule has 2 rings (SSSR count). The third kappa shape index (κ3) is 1.87. The normalized spacial score (nSPS) is 22.2. The van der Waals surface area contributed by atoms with Crippen LogP contribution in [0.15, 0.2) is 17.1 Å². The smallest absolute Gasteiger partial charge is 0.250 e. The lowest BCUT2D eigenvalue weighted by molar-refractivity contribution is 0.411. The van der Waals surface area contributed by atoms with Crippen LogP contribution in [-0.2, 0) is 0 Å². The summed E-state index contributed by atoms with van der Waals surface area (Å²) < 4.78 is 0. The lowest BCUT2D eigenvalue weighted by Gasteiger charge is -2.23. The van der Waals surface area contributed by atoms with E-state index in [9.17, 15) is 4.79 Å². The number of H-pyrrole nitrogens is 1. The molecule has 1 aromatic rings. The van der Waals surface area contributed by atoms with Gasteiger partial charge in [-0.15, -0.1) is 0 Å². The highest BCUT2D eigenvalue weighted by atomic mass is 16.1. The standard InChI is InChI=1S/C11H16N2O/c1-8-6-9(7-13-11(8)14)10-4-2-3-5-12-10/h6-7,10,12H,2-5H2,1H3,(H,13,14)/t10-/m1/s1. The van der Waals surface area contributed by atoms with Crippen molar-refractivity contribution >= 4 is 0 Å². The summed E-state index contributed by atoms with van der Waals surface area (Å²) >= 11 is 0. The lowest BCUT2D eigenvalue weighted by Crippen LogP contribution is -2.27. The van der Waals surface area contributed by atoms with E-state index in [0.717, 1.165) is 12.1 Å². The van der Waals surface area contributed by atoms with Crippen LogP contribution in [0.2, 0.25) is 0 Å². The summed E-state index contributed by atoms with van der Waals surface area (Å²) in [5, 5.41) is 3.46. The highest BCUT2D eigenvalue weighted by Crippen LogP contribution is 2.21. The van der Waals surface area contributed by atoms with Crippen LogP contribution in [0.4, 0.5) is 0 Å². The average Bonchev–Trinajstić information content (AvgIpc) is 2.23. The van der Waals surface area contributed by atoms with Gasteiger partial charge in [0.15, 0.2) is 0 Å². The quantitative estimate of drug-likeness (QED) is 0.708. The Bertz CT molecular complexity index is 364. The van der Waals surface area contributed by atoms with Crippen molar-refractivity contribution in [3.05, 3.63) is 33.7 Å². The van der Waals surface area contributed by atoms with E-state index in [2.05, 4.69) is 10.3 Å². The van der Waals surface area contributed by atoms with Crippen LogP contribution >= 0.6 is 0 Å². The molecule has 1 atom stereocenters. The van der Waals surface area contributed by atoms with Crippen LogP contribution in [0.5, 0.6) is 0 Å². The van der Waals surface area contributed by atoms with Crippen LogP contribution in [0, 0.1) is 6.92 Å². The topological polar surface area (TPSA) is 44.9 Å². The van der Waals surface area contributed by atoms with Crippen LogP contribution < -0.4 is 10.9 Å². The maximum atomic E-state index is 11.2. The molecular formula is C11H16N2O. The van der Waals surface area contributed by atoms with Gasteiger partial charge >= 0.3 is 0 Å². The van der Waals surface area contributed by atoms with E-state index in [4.69, 9.17) is 0 Å². The molecule has 0 saturated carbocycles. The molecule has 14 heavy (non-hydrogen) atoms. The molecule has 1 aliphatic rings. The van der Waals surface area contributed by atoms with E-state index >= 15 is 0 Å². The fraction of sp³-hybridized carbons (Fsp3) is 0.545. The number of rotatable bonds is 1. The summed E-state index contributed by atoms with van der Waals surface area (Å²) in [6.45, 7) is 2.94. The Balaban J connectivity index is 2.22. The number of hydrogen-bond donors (Lipinski definition) is 2. The van der Waals surface area contributed by atoms with Gasteiger partial charge in [0.05, 0.1) is 0 Å². The Kier molecular flexibility index (Phi) is 2.68. The van der Waals surface area contributed by atoms with Gasteiger partial charge in [-0.25, -0.2) is 0 Å². The SMILES string of the molecule is Cc1cc([C@H]2CCCCN2)c[nH]c1=O. The van der Waals surface area contributed by atoms with Gasteiger partial charge in [0.2, 0.25) is 0 Å². The first-order valence-corrected chi connectivity index (χ1v) is 5.20. The molecule has 1 aliphatic heterocycles. The second-order valence-corrected chi connectivity index (χ2v) is 3.95. The number of nitrogens with one attached hydrogen (secondary N) is 2. The van der Waals surface area contributed by atoms with Crippen LogP contribution in [0.1, 0.15) is 36.4 Å². The van der Waals surface area contributed by atoms with E-state index in [1.54, 1.807) is 0 Å². The molecule has 3 heteroatoms. The predicted octanol–water partition coefficient (Wildman–Crippen LogP) is 1.50. The van der Waals surface area contributed by atoms with Crippen LogP contribution in [0.25, 0.3) is 0 Å². The van der Waals surface area contributed by atoms with Gasteiger partial charge in [-0.3, -0.25) is 4.79 Å². The number of aromatic amines is 1. The van der Waals surface area contributed by atoms with Crippen molar-refractivity contribution in [3.8, 4) is 0 Å². The molecule has 1 saturated heterocycles. The van der Waals surface area contributed by atoms with Crippen LogP contribution in [0.3, 0.4) is 0 Å². The first kappa shape index (κ1) is 9.46. The minimum Gasteiger partial charge on any atom is -0.329 e. The number of hydrogen-bond acceptors (Lipinski definition) is 2. The molecule has 0 radical (unpaired) electrons. The average molecular weight is 192 g/mol. The molecule has 2 N–H and O–H groups in total. The zero-order valence-electron chi connectivity index (χ0n) is 8.47. The third-order valence-electron chi connectivity index (χ3n) is 2.82. The first-order valence-electron chi connectivity index (χ1n) is 5.20. The molecule has 2 heterocycles. The van der Waals surface area contributed by atoms with Crippen molar-refractivity contribution in [2.24, 2.45) is 0 Å². The van der Waals surface area contributed by atoms with Crippen molar-refractivity contribution in [1.29, 1.82) is 0 Å². The number of piperidine rings is 1. The Labute approximate surface area is 83.5 Å². The highest BCUT2D eigenvalue weighted by molar-refractivity contribution is 5.20. The molecule has 0 bridgehead atoms. The highest BCUT2D eigenvalue weighted by Gasteiger charge is 2.14. The van der Waals surface area contributed by atoms with E-state index in [-0.39, 0.29) is 5.56 Å². The Hall–Kier alpha value is -1.09. The largest absolute Gasteiger partial charge is 0.329 e. The fourth-order valence-corrected chi connectivity index (χ4v) is 1.96. The van der Waals surface area contributed by atoms with Gasteiger partial charge in [0.25, 0.3) is 5.56 Å². The zero-order chi connectivity index (χ0) is 9.97. The molecular weight excluding hydrogens is 176 g/mol. The Morgan fingerprint density at radius 1 is 1.43 bits per heavy atom. The zero-order valence-corrected chi connectivity index (χ0v) is 8.47. The summed E-state index contributed by atoms with van der Waals surface area (Å²) in [5.41, 5.74) is 2.03. The fourth-order valence-electron chi connectivity index (χ4n) is 1.96. The molecule has 0 aromatic carbocycles. The molecule has 1 fully saturated rings. The number of pyridine rings is 1. The van der Waals surface area contributed by atoms with Crippen molar-refractivity contribution in [3.63, 3.8) is 0 Å². The van der Waals surface area contributed by atoms with E-state index in [1.165, 1.54) is 24.8 Å². The van der Waals surface area contributed by atoms with Gasteiger partial charge in [-0.2, -0.15) is 0 Å². The number of aryl methyl sites for hydroxylation is 1. The van der Waals surface area contributed by atoms with Gasteiger partial charge < -0.3 is 10.3 Å². The molecule has 0 unspecified atom stereocenters. The Morgan fingerprint density at radius 3 is 2.93 bits per heavy atom. The lowest BCUT2D eigenvalue weighted by atomic mass is 9.98. The molecule has 0 aliphatic carbocycles. The summed E-state index contributed by atoms with van der Waals surface area (Å²) in [7, 11) is 0. The monoisotopic (exact) mass is 192 g/mol. The molecule has 0 amide bonds. The van der Waals surface area contributed by atoms with Gasteiger partial charge in [-0.1, -0.05) is 6.42 Å². The van der Waals surface area contributed by atoms with Crippen molar-refractivity contribution < 1.29 is 0 Å². The maximum absolute atomic E-state index is 11.2. The minimum atomic E-state index is 0.0181. The second-order valence-electron chi connectivity index (χ2n) is 3.95. The van der Waals surface area contributed by atoms with Crippen molar-refractivity contribution in [2.75, 3.05) is 6.54 Å². The van der Waals surface area contributed by atoms with E-state index in [0.29, 0.717) is 6.04 Å². The van der Waals surface area contributed by atoms with E-state index < -0.39 is 0 Å². The third-order valence-corrected chi connectivity index (χ3v) is 2.82. The second kappa shape index (κ2) is 3.96. The molecule has 1 aromatic heterocycles. The minimum absolute atomic E-state index is 0.0181. The molecule has 0 spiro atoms.